The minimum absolute atomic E-state index is 0.968. The summed E-state index contributed by atoms with van der Waals surface area (Å²) >= 11 is 0. The first-order valence-electron chi connectivity index (χ1n) is 6.79. The van der Waals surface area contributed by atoms with Gasteiger partial charge >= 0.3 is 0 Å². The molecule has 1 aromatic heterocycles. The second-order valence-electron chi connectivity index (χ2n) is 4.55. The van der Waals surface area contributed by atoms with Gasteiger partial charge in [0.2, 0.25) is 0 Å². The summed E-state index contributed by atoms with van der Waals surface area (Å²) < 4.78 is 2.28. The molecule has 0 bridgehead atoms. The molecule has 0 unspecified atom stereocenters. The molecule has 0 fully saturated rings. The van der Waals surface area contributed by atoms with Crippen LogP contribution in [-0.4, -0.2) is 11.1 Å². The molecule has 2 nitrogen and oxygen atoms in total. The largest absolute Gasteiger partial charge is 0.351 e. The fourth-order valence-electron chi connectivity index (χ4n) is 2.20. The molecule has 0 aliphatic carbocycles. The minimum Gasteiger partial charge on any atom is -0.351 e. The molecule has 2 heteroatoms. The summed E-state index contributed by atoms with van der Waals surface area (Å²) in [4.78, 5) is 0. The van der Waals surface area contributed by atoms with Crippen LogP contribution >= 0.6 is 0 Å². The van der Waals surface area contributed by atoms with E-state index in [1.54, 1.807) is 0 Å². The number of hydrogen-bond acceptors (Lipinski definition) is 1. The Hall–Kier alpha value is -1.54. The van der Waals surface area contributed by atoms with Crippen LogP contribution in [0.3, 0.4) is 0 Å². The highest BCUT2D eigenvalue weighted by molar-refractivity contribution is 5.14. The third-order valence-electron chi connectivity index (χ3n) is 3.23. The maximum absolute atomic E-state index is 3.51. The topological polar surface area (TPSA) is 17.0 Å². The van der Waals surface area contributed by atoms with E-state index in [2.05, 4.69) is 65.5 Å². The van der Waals surface area contributed by atoms with Crippen LogP contribution in [0.25, 0.3) is 0 Å². The molecule has 2 aromatic rings. The van der Waals surface area contributed by atoms with E-state index in [4.69, 9.17) is 0 Å². The number of nitrogens with zero attached hydrogens (tertiary/aromatic N) is 1. The van der Waals surface area contributed by atoms with Crippen LogP contribution in [0.4, 0.5) is 0 Å². The van der Waals surface area contributed by atoms with Crippen molar-refractivity contribution in [1.29, 1.82) is 0 Å². The third kappa shape index (κ3) is 3.74. The lowest BCUT2D eigenvalue weighted by atomic mass is 10.1. The molecule has 1 aromatic carbocycles. The zero-order chi connectivity index (χ0) is 12.6. The number of rotatable bonds is 7. The molecule has 0 atom stereocenters. The van der Waals surface area contributed by atoms with Gasteiger partial charge in [-0.15, -0.1) is 0 Å². The highest BCUT2D eigenvalue weighted by Crippen LogP contribution is 2.03. The van der Waals surface area contributed by atoms with Crippen LogP contribution in [0.1, 0.15) is 24.6 Å². The van der Waals surface area contributed by atoms with E-state index in [1.807, 2.05) is 0 Å². The van der Waals surface area contributed by atoms with Crippen LogP contribution in [0.5, 0.6) is 0 Å². The third-order valence-corrected chi connectivity index (χ3v) is 3.23. The van der Waals surface area contributed by atoms with Crippen molar-refractivity contribution >= 4 is 0 Å². The van der Waals surface area contributed by atoms with Crippen molar-refractivity contribution in [3.63, 3.8) is 0 Å². The molecule has 96 valence electrons. The predicted molar refractivity (Wildman–Crippen MR) is 76.6 cm³/mol. The Morgan fingerprint density at radius 3 is 2.67 bits per heavy atom. The lowest BCUT2D eigenvalue weighted by Crippen LogP contribution is -2.17. The molecule has 18 heavy (non-hydrogen) atoms. The van der Waals surface area contributed by atoms with Gasteiger partial charge in [-0.25, -0.2) is 0 Å². The number of benzene rings is 1. The van der Waals surface area contributed by atoms with E-state index in [9.17, 15) is 0 Å². The maximum atomic E-state index is 3.51. The second-order valence-corrected chi connectivity index (χ2v) is 4.55. The van der Waals surface area contributed by atoms with Gasteiger partial charge in [0.1, 0.15) is 0 Å². The first-order valence-corrected chi connectivity index (χ1v) is 6.79. The van der Waals surface area contributed by atoms with Crippen LogP contribution in [-0.2, 0) is 19.5 Å². The highest BCUT2D eigenvalue weighted by Gasteiger charge is 1.98. The Kier molecular flexibility index (Phi) is 5.03. The molecule has 0 aliphatic heterocycles. The standard InChI is InChI=1S/C16H22N2/c1-2-18-13-7-11-16(18)14-17-12-6-10-15-8-4-3-5-9-15/h3-5,7-9,11,13,17H,2,6,10,12,14H2,1H3. The first kappa shape index (κ1) is 12.9. The van der Waals surface area contributed by atoms with Gasteiger partial charge < -0.3 is 9.88 Å². The smallest absolute Gasteiger partial charge is 0.0359 e. The molecule has 0 amide bonds. The highest BCUT2D eigenvalue weighted by atomic mass is 15.0. The molecular formula is C16H22N2. The van der Waals surface area contributed by atoms with Gasteiger partial charge in [0, 0.05) is 25.0 Å². The van der Waals surface area contributed by atoms with Gasteiger partial charge in [-0.1, -0.05) is 30.3 Å². The van der Waals surface area contributed by atoms with Gasteiger partial charge in [-0.3, -0.25) is 0 Å². The Labute approximate surface area is 110 Å². The molecule has 0 spiro atoms. The van der Waals surface area contributed by atoms with Crippen molar-refractivity contribution < 1.29 is 0 Å². The summed E-state index contributed by atoms with van der Waals surface area (Å²) in [7, 11) is 0. The number of aromatic nitrogens is 1. The Morgan fingerprint density at radius 1 is 1.06 bits per heavy atom. The predicted octanol–water partition coefficient (Wildman–Crippen LogP) is 3.23. The average Bonchev–Trinajstić information content (AvgIpc) is 2.87. The number of aryl methyl sites for hydroxylation is 2. The number of nitrogens with one attached hydrogen (secondary N) is 1. The molecule has 0 saturated heterocycles. The Bertz CT molecular complexity index is 445. The van der Waals surface area contributed by atoms with E-state index >= 15 is 0 Å². The van der Waals surface area contributed by atoms with Crippen molar-refractivity contribution in [2.75, 3.05) is 6.54 Å². The van der Waals surface area contributed by atoms with Crippen LogP contribution < -0.4 is 5.32 Å². The van der Waals surface area contributed by atoms with Gasteiger partial charge in [-0.05, 0) is 44.0 Å². The van der Waals surface area contributed by atoms with Crippen molar-refractivity contribution in [3.05, 3.63) is 59.9 Å². The normalized spacial score (nSPS) is 10.7. The summed E-state index contributed by atoms with van der Waals surface area (Å²) in [5, 5.41) is 3.51. The summed E-state index contributed by atoms with van der Waals surface area (Å²) in [5.41, 5.74) is 2.80. The van der Waals surface area contributed by atoms with Crippen LogP contribution in [0, 0.1) is 0 Å². The average molecular weight is 242 g/mol. The lowest BCUT2D eigenvalue weighted by Gasteiger charge is -2.08. The molecule has 0 aliphatic rings. The molecule has 1 heterocycles. The van der Waals surface area contributed by atoms with Crippen molar-refractivity contribution in [3.8, 4) is 0 Å². The minimum atomic E-state index is 0.968. The van der Waals surface area contributed by atoms with E-state index in [0.717, 1.165) is 26.1 Å². The molecule has 0 saturated carbocycles. The van der Waals surface area contributed by atoms with Crippen molar-refractivity contribution in [2.24, 2.45) is 0 Å². The second kappa shape index (κ2) is 7.02. The van der Waals surface area contributed by atoms with Gasteiger partial charge in [-0.2, -0.15) is 0 Å². The Morgan fingerprint density at radius 2 is 1.89 bits per heavy atom. The molecule has 1 N–H and O–H groups in total. The van der Waals surface area contributed by atoms with Crippen molar-refractivity contribution in [2.45, 2.75) is 32.9 Å². The zero-order valence-electron chi connectivity index (χ0n) is 11.1. The van der Waals surface area contributed by atoms with Crippen LogP contribution in [0.15, 0.2) is 48.7 Å². The van der Waals surface area contributed by atoms with Crippen molar-refractivity contribution in [1.82, 2.24) is 9.88 Å². The zero-order valence-corrected chi connectivity index (χ0v) is 11.1. The Balaban J connectivity index is 1.65. The van der Waals surface area contributed by atoms with E-state index in [-0.39, 0.29) is 0 Å². The van der Waals surface area contributed by atoms with E-state index < -0.39 is 0 Å². The summed E-state index contributed by atoms with van der Waals surface area (Å²) in [6, 6.07) is 15.0. The molecular weight excluding hydrogens is 220 g/mol. The lowest BCUT2D eigenvalue weighted by molar-refractivity contribution is 0.609. The van der Waals surface area contributed by atoms with Gasteiger partial charge in [0.05, 0.1) is 0 Å². The summed E-state index contributed by atoms with van der Waals surface area (Å²) in [5.74, 6) is 0. The quantitative estimate of drug-likeness (QED) is 0.738. The van der Waals surface area contributed by atoms with E-state index in [0.29, 0.717) is 0 Å². The van der Waals surface area contributed by atoms with Gasteiger partial charge in [0.25, 0.3) is 0 Å². The van der Waals surface area contributed by atoms with Gasteiger partial charge in [0.15, 0.2) is 0 Å². The van der Waals surface area contributed by atoms with E-state index in [1.165, 1.54) is 17.7 Å². The maximum Gasteiger partial charge on any atom is 0.0359 e. The number of hydrogen-bond donors (Lipinski definition) is 1. The van der Waals surface area contributed by atoms with Crippen LogP contribution in [0.2, 0.25) is 0 Å². The molecule has 0 radical (unpaired) electrons. The SMILES string of the molecule is CCn1cccc1CNCCCc1ccccc1. The monoisotopic (exact) mass is 242 g/mol. The molecule has 2 rings (SSSR count). The summed E-state index contributed by atoms with van der Waals surface area (Å²) in [6.07, 6.45) is 4.49. The summed E-state index contributed by atoms with van der Waals surface area (Å²) in [6.45, 7) is 5.27. The first-order chi connectivity index (χ1) is 8.90. The fraction of sp³-hybridized carbons (Fsp3) is 0.375. The fourth-order valence-corrected chi connectivity index (χ4v) is 2.20.